The van der Waals surface area contributed by atoms with E-state index < -0.39 is 12.7 Å². The molecule has 0 radical (unpaired) electrons. The zero-order chi connectivity index (χ0) is 19.9. The summed E-state index contributed by atoms with van der Waals surface area (Å²) in [6, 6.07) is 16.7. The number of methoxy groups -OCH3 is 1. The summed E-state index contributed by atoms with van der Waals surface area (Å²) < 4.78 is 45.0. The minimum absolute atomic E-state index is 0.204. The second-order valence-electron chi connectivity index (χ2n) is 6.82. The van der Waals surface area contributed by atoms with Crippen molar-refractivity contribution in [3.8, 4) is 17.0 Å². The van der Waals surface area contributed by atoms with Crippen LogP contribution >= 0.6 is 0 Å². The van der Waals surface area contributed by atoms with E-state index in [0.717, 1.165) is 28.2 Å². The van der Waals surface area contributed by atoms with E-state index in [0.29, 0.717) is 11.4 Å². The van der Waals surface area contributed by atoms with E-state index >= 15 is 0 Å². The van der Waals surface area contributed by atoms with Crippen LogP contribution in [0, 0.1) is 6.92 Å². The number of rotatable bonds is 4. The van der Waals surface area contributed by atoms with Gasteiger partial charge in [-0.2, -0.15) is 13.2 Å². The minimum atomic E-state index is -4.30. The fraction of sp³-hybridized carbons (Fsp3) is 0.238. The molecule has 28 heavy (non-hydrogen) atoms. The molecule has 2 heterocycles. The molecule has 146 valence electrons. The minimum Gasteiger partial charge on any atom is -0.496 e. The van der Waals surface area contributed by atoms with Crippen LogP contribution in [0.5, 0.6) is 5.75 Å². The summed E-state index contributed by atoms with van der Waals surface area (Å²) in [4.78, 5) is 3.26. The van der Waals surface area contributed by atoms with Gasteiger partial charge in [0.05, 0.1) is 18.5 Å². The standard InChI is InChI=1S/C21H20F3N3O/c1-14-7-10-18(25-14)17-9-8-16(11-20(17)28-2)27-19-6-4-3-5-15(19)12-26(27)13-21(22,23)24/h3-11,25H,12-13H2,1-2H3. The third-order valence-corrected chi connectivity index (χ3v) is 4.77. The zero-order valence-corrected chi connectivity index (χ0v) is 15.5. The lowest BCUT2D eigenvalue weighted by Gasteiger charge is -2.31. The van der Waals surface area contributed by atoms with Crippen LogP contribution in [-0.4, -0.2) is 29.8 Å². The smallest absolute Gasteiger partial charge is 0.403 e. The lowest BCUT2D eigenvalue weighted by molar-refractivity contribution is -0.146. The fourth-order valence-corrected chi connectivity index (χ4v) is 3.60. The summed E-state index contributed by atoms with van der Waals surface area (Å²) in [5.74, 6) is 0.593. The number of hydrazine groups is 1. The van der Waals surface area contributed by atoms with Crippen molar-refractivity contribution in [3.05, 3.63) is 65.9 Å². The van der Waals surface area contributed by atoms with Gasteiger partial charge in [-0.15, -0.1) is 0 Å². The van der Waals surface area contributed by atoms with Gasteiger partial charge in [0.2, 0.25) is 0 Å². The number of halogens is 3. The Morgan fingerprint density at radius 2 is 1.86 bits per heavy atom. The third kappa shape index (κ3) is 3.45. The lowest BCUT2D eigenvalue weighted by Crippen LogP contribution is -2.40. The molecule has 0 unspecified atom stereocenters. The van der Waals surface area contributed by atoms with Crippen LogP contribution in [0.15, 0.2) is 54.6 Å². The summed E-state index contributed by atoms with van der Waals surface area (Å²) in [6.07, 6.45) is -4.30. The van der Waals surface area contributed by atoms with Gasteiger partial charge in [0.25, 0.3) is 0 Å². The van der Waals surface area contributed by atoms with Gasteiger partial charge in [-0.25, -0.2) is 5.01 Å². The third-order valence-electron chi connectivity index (χ3n) is 4.77. The number of para-hydroxylation sites is 1. The Morgan fingerprint density at radius 1 is 1.07 bits per heavy atom. The Hall–Kier alpha value is -2.93. The monoisotopic (exact) mass is 387 g/mol. The number of H-pyrrole nitrogens is 1. The number of aromatic amines is 1. The predicted octanol–water partition coefficient (Wildman–Crippen LogP) is 5.43. The normalized spacial score (nSPS) is 14.4. The molecule has 1 aliphatic heterocycles. The molecular weight excluding hydrogens is 367 g/mol. The number of alkyl halides is 3. The van der Waals surface area contributed by atoms with Crippen molar-refractivity contribution in [2.24, 2.45) is 0 Å². The van der Waals surface area contributed by atoms with Crippen molar-refractivity contribution >= 4 is 11.4 Å². The maximum Gasteiger partial charge on any atom is 0.403 e. The number of fused-ring (bicyclic) bond motifs is 1. The Labute approximate surface area is 161 Å². The van der Waals surface area contributed by atoms with Gasteiger partial charge in [-0.3, -0.25) is 5.01 Å². The molecule has 0 spiro atoms. The van der Waals surface area contributed by atoms with Crippen molar-refractivity contribution in [2.45, 2.75) is 19.6 Å². The van der Waals surface area contributed by atoms with Crippen LogP contribution in [0.2, 0.25) is 0 Å². The molecule has 2 aromatic carbocycles. The lowest BCUT2D eigenvalue weighted by atomic mass is 10.1. The van der Waals surface area contributed by atoms with E-state index in [4.69, 9.17) is 4.74 Å². The molecule has 4 rings (SSSR count). The Kier molecular flexibility index (Phi) is 4.55. The van der Waals surface area contributed by atoms with Crippen LogP contribution in [0.25, 0.3) is 11.3 Å². The van der Waals surface area contributed by atoms with Crippen LogP contribution in [-0.2, 0) is 6.54 Å². The molecule has 0 saturated carbocycles. The van der Waals surface area contributed by atoms with Crippen molar-refractivity contribution in [2.75, 3.05) is 18.7 Å². The van der Waals surface area contributed by atoms with Gasteiger partial charge < -0.3 is 9.72 Å². The number of aryl methyl sites for hydroxylation is 1. The Balaban J connectivity index is 1.77. The van der Waals surface area contributed by atoms with E-state index in [9.17, 15) is 13.2 Å². The molecule has 1 aliphatic rings. The van der Waals surface area contributed by atoms with Gasteiger partial charge in [0.15, 0.2) is 0 Å². The number of ether oxygens (including phenoxy) is 1. The van der Waals surface area contributed by atoms with Crippen LogP contribution in [0.4, 0.5) is 24.5 Å². The van der Waals surface area contributed by atoms with Crippen molar-refractivity contribution in [3.63, 3.8) is 0 Å². The van der Waals surface area contributed by atoms with Crippen LogP contribution in [0.1, 0.15) is 11.3 Å². The molecule has 1 aromatic heterocycles. The number of hydrogen-bond acceptors (Lipinski definition) is 3. The van der Waals surface area contributed by atoms with Crippen LogP contribution < -0.4 is 9.75 Å². The predicted molar refractivity (Wildman–Crippen MR) is 103 cm³/mol. The number of nitrogens with zero attached hydrogens (tertiary/aromatic N) is 2. The zero-order valence-electron chi connectivity index (χ0n) is 15.5. The molecule has 0 fully saturated rings. The molecule has 7 heteroatoms. The first kappa shape index (κ1) is 18.4. The van der Waals surface area contributed by atoms with Crippen molar-refractivity contribution in [1.82, 2.24) is 9.99 Å². The van der Waals surface area contributed by atoms with Gasteiger partial charge >= 0.3 is 6.18 Å². The van der Waals surface area contributed by atoms with Crippen molar-refractivity contribution in [1.29, 1.82) is 0 Å². The summed E-state index contributed by atoms with van der Waals surface area (Å²) in [7, 11) is 1.56. The first-order chi connectivity index (χ1) is 13.4. The summed E-state index contributed by atoms with van der Waals surface area (Å²) >= 11 is 0. The van der Waals surface area contributed by atoms with Gasteiger partial charge in [0, 0.05) is 29.6 Å². The van der Waals surface area contributed by atoms with E-state index in [1.54, 1.807) is 18.2 Å². The molecule has 0 aliphatic carbocycles. The number of aromatic nitrogens is 1. The summed E-state index contributed by atoms with van der Waals surface area (Å²) in [5, 5.41) is 2.92. The highest BCUT2D eigenvalue weighted by atomic mass is 19.4. The van der Waals surface area contributed by atoms with Crippen molar-refractivity contribution < 1.29 is 17.9 Å². The molecule has 0 atom stereocenters. The van der Waals surface area contributed by atoms with Gasteiger partial charge in [-0.1, -0.05) is 18.2 Å². The number of hydrogen-bond donors (Lipinski definition) is 1. The van der Waals surface area contributed by atoms with E-state index in [-0.39, 0.29) is 6.54 Å². The maximum atomic E-state index is 13.2. The second kappa shape index (κ2) is 6.91. The number of nitrogens with one attached hydrogen (secondary N) is 1. The largest absolute Gasteiger partial charge is 0.496 e. The average Bonchev–Trinajstić information content (AvgIpc) is 3.22. The molecule has 0 bridgehead atoms. The summed E-state index contributed by atoms with van der Waals surface area (Å²) in [6.45, 7) is 1.14. The van der Waals surface area contributed by atoms with E-state index in [1.165, 1.54) is 5.01 Å². The highest BCUT2D eigenvalue weighted by Gasteiger charge is 2.38. The maximum absolute atomic E-state index is 13.2. The molecule has 1 N–H and O–H groups in total. The van der Waals surface area contributed by atoms with Gasteiger partial charge in [-0.05, 0) is 42.8 Å². The summed E-state index contributed by atoms with van der Waals surface area (Å²) in [5.41, 5.74) is 5.00. The number of anilines is 2. The quantitative estimate of drug-likeness (QED) is 0.648. The van der Waals surface area contributed by atoms with E-state index in [1.807, 2.05) is 55.5 Å². The van der Waals surface area contributed by atoms with E-state index in [2.05, 4.69) is 4.98 Å². The number of benzene rings is 2. The molecule has 4 nitrogen and oxygen atoms in total. The fourth-order valence-electron chi connectivity index (χ4n) is 3.60. The molecule has 3 aromatic rings. The first-order valence-electron chi connectivity index (χ1n) is 8.89. The van der Waals surface area contributed by atoms with Gasteiger partial charge in [0.1, 0.15) is 12.3 Å². The molecule has 0 amide bonds. The Morgan fingerprint density at radius 3 is 2.54 bits per heavy atom. The highest BCUT2D eigenvalue weighted by molar-refractivity contribution is 5.75. The topological polar surface area (TPSA) is 31.5 Å². The highest BCUT2D eigenvalue weighted by Crippen LogP contribution is 2.41. The van der Waals surface area contributed by atoms with Crippen LogP contribution in [0.3, 0.4) is 0 Å². The molecular formula is C21H20F3N3O. The molecule has 0 saturated heterocycles. The Bertz CT molecular complexity index is 997. The first-order valence-corrected chi connectivity index (χ1v) is 8.89. The average molecular weight is 387 g/mol. The second-order valence-corrected chi connectivity index (χ2v) is 6.82. The SMILES string of the molecule is COc1cc(N2c3ccccc3CN2CC(F)(F)F)ccc1-c1ccc(C)[nH]1.